The first kappa shape index (κ1) is 18.3. The maximum absolute atomic E-state index is 12.5. The number of nitrogen functional groups attached to an aromatic ring is 1. The SMILES string of the molecule is CC(C)(C)OC(=O)NCc1ccc(C(=O)c2cc(Cl)ccc2N)s1. The molecule has 0 bridgehead atoms. The number of benzene rings is 1. The molecule has 0 atom stereocenters. The fraction of sp³-hybridized carbons (Fsp3) is 0.294. The average Bonchev–Trinajstić information content (AvgIpc) is 2.94. The van der Waals surface area contributed by atoms with Crippen molar-refractivity contribution in [1.29, 1.82) is 0 Å². The lowest BCUT2D eigenvalue weighted by atomic mass is 10.1. The standard InChI is InChI=1S/C17H19ClN2O3S/c1-17(2,3)23-16(22)20-9-11-5-7-14(24-11)15(21)12-8-10(18)4-6-13(12)19/h4-8H,9,19H2,1-3H3,(H,20,22). The molecule has 7 heteroatoms. The van der Waals surface area contributed by atoms with Gasteiger partial charge in [0, 0.05) is 21.2 Å². The fourth-order valence-corrected chi connectivity index (χ4v) is 3.00. The smallest absolute Gasteiger partial charge is 0.407 e. The number of amides is 1. The summed E-state index contributed by atoms with van der Waals surface area (Å²) in [5, 5.41) is 3.11. The molecule has 0 saturated carbocycles. The van der Waals surface area contributed by atoms with Gasteiger partial charge < -0.3 is 15.8 Å². The first-order chi connectivity index (χ1) is 11.2. The Kier molecular flexibility index (Phi) is 5.51. The molecule has 1 amide bonds. The third-order valence-electron chi connectivity index (χ3n) is 2.95. The van der Waals surface area contributed by atoms with Crippen molar-refractivity contribution in [2.24, 2.45) is 0 Å². The van der Waals surface area contributed by atoms with E-state index in [1.165, 1.54) is 11.3 Å². The van der Waals surface area contributed by atoms with Crippen molar-refractivity contribution in [2.45, 2.75) is 32.9 Å². The number of nitrogens with two attached hydrogens (primary N) is 1. The van der Waals surface area contributed by atoms with Gasteiger partial charge in [-0.15, -0.1) is 11.3 Å². The number of rotatable bonds is 4. The highest BCUT2D eigenvalue weighted by Gasteiger charge is 2.17. The zero-order chi connectivity index (χ0) is 17.9. The molecule has 0 aliphatic heterocycles. The monoisotopic (exact) mass is 366 g/mol. The van der Waals surface area contributed by atoms with Crippen LogP contribution in [-0.2, 0) is 11.3 Å². The summed E-state index contributed by atoms with van der Waals surface area (Å²) in [5.41, 5.74) is 6.04. The van der Waals surface area contributed by atoms with Crippen LogP contribution in [-0.4, -0.2) is 17.5 Å². The van der Waals surface area contributed by atoms with Crippen LogP contribution in [0.4, 0.5) is 10.5 Å². The number of anilines is 1. The highest BCUT2D eigenvalue weighted by atomic mass is 35.5. The zero-order valence-electron chi connectivity index (χ0n) is 13.7. The van der Waals surface area contributed by atoms with Crippen LogP contribution < -0.4 is 11.1 Å². The summed E-state index contributed by atoms with van der Waals surface area (Å²) in [5.74, 6) is -0.191. The summed E-state index contributed by atoms with van der Waals surface area (Å²) >= 11 is 7.22. The molecule has 1 aromatic carbocycles. The van der Waals surface area contributed by atoms with Crippen molar-refractivity contribution >= 4 is 40.5 Å². The number of carbonyl (C=O) groups excluding carboxylic acids is 2. The van der Waals surface area contributed by atoms with Crippen LogP contribution in [0, 0.1) is 0 Å². The number of ether oxygens (including phenoxy) is 1. The van der Waals surface area contributed by atoms with E-state index in [1.807, 2.05) is 0 Å². The van der Waals surface area contributed by atoms with Gasteiger partial charge >= 0.3 is 6.09 Å². The van der Waals surface area contributed by atoms with Crippen LogP contribution in [0.25, 0.3) is 0 Å². The van der Waals surface area contributed by atoms with Gasteiger partial charge in [0.2, 0.25) is 5.78 Å². The third-order valence-corrected chi connectivity index (χ3v) is 4.27. The number of hydrogen-bond donors (Lipinski definition) is 2. The summed E-state index contributed by atoms with van der Waals surface area (Å²) in [6, 6.07) is 8.29. The van der Waals surface area contributed by atoms with Crippen LogP contribution in [0.15, 0.2) is 30.3 Å². The van der Waals surface area contributed by atoms with E-state index < -0.39 is 11.7 Å². The molecule has 0 aliphatic carbocycles. The van der Waals surface area contributed by atoms with Gasteiger partial charge in [-0.05, 0) is 51.1 Å². The molecule has 2 rings (SSSR count). The molecular weight excluding hydrogens is 348 g/mol. The molecule has 0 radical (unpaired) electrons. The van der Waals surface area contributed by atoms with E-state index in [0.717, 1.165) is 4.88 Å². The van der Waals surface area contributed by atoms with Crippen molar-refractivity contribution in [2.75, 3.05) is 5.73 Å². The number of halogens is 1. The molecule has 128 valence electrons. The minimum Gasteiger partial charge on any atom is -0.444 e. The van der Waals surface area contributed by atoms with Gasteiger partial charge in [-0.3, -0.25) is 4.79 Å². The number of hydrogen-bond acceptors (Lipinski definition) is 5. The predicted octanol–water partition coefficient (Wildman–Crippen LogP) is 4.24. The van der Waals surface area contributed by atoms with Crippen molar-refractivity contribution in [3.63, 3.8) is 0 Å². The first-order valence-electron chi connectivity index (χ1n) is 7.31. The molecule has 0 spiro atoms. The first-order valence-corrected chi connectivity index (χ1v) is 8.50. The Morgan fingerprint density at radius 1 is 1.25 bits per heavy atom. The summed E-state index contributed by atoms with van der Waals surface area (Å²) in [7, 11) is 0. The van der Waals surface area contributed by atoms with Gasteiger partial charge in [0.25, 0.3) is 0 Å². The van der Waals surface area contributed by atoms with Gasteiger partial charge in [-0.25, -0.2) is 4.79 Å². The number of carbonyl (C=O) groups is 2. The summed E-state index contributed by atoms with van der Waals surface area (Å²) in [6.45, 7) is 5.68. The normalized spacial score (nSPS) is 11.2. The number of thiophene rings is 1. The van der Waals surface area contributed by atoms with Crippen LogP contribution in [0.3, 0.4) is 0 Å². The molecule has 1 heterocycles. The van der Waals surface area contributed by atoms with Crippen LogP contribution >= 0.6 is 22.9 Å². The summed E-state index contributed by atoms with van der Waals surface area (Å²) < 4.78 is 5.17. The minimum absolute atomic E-state index is 0.191. The predicted molar refractivity (Wildman–Crippen MR) is 96.7 cm³/mol. The highest BCUT2D eigenvalue weighted by Crippen LogP contribution is 2.25. The topological polar surface area (TPSA) is 81.4 Å². The Hall–Kier alpha value is -2.05. The van der Waals surface area contributed by atoms with Crippen molar-refractivity contribution < 1.29 is 14.3 Å². The van der Waals surface area contributed by atoms with E-state index in [4.69, 9.17) is 22.1 Å². The van der Waals surface area contributed by atoms with Gasteiger partial charge in [0.05, 0.1) is 11.4 Å². The Labute approximate surface area is 149 Å². The van der Waals surface area contributed by atoms with E-state index in [2.05, 4.69) is 5.32 Å². The van der Waals surface area contributed by atoms with E-state index in [1.54, 1.807) is 51.1 Å². The van der Waals surface area contributed by atoms with Crippen molar-refractivity contribution in [3.8, 4) is 0 Å². The maximum Gasteiger partial charge on any atom is 0.407 e. The van der Waals surface area contributed by atoms with E-state index in [0.29, 0.717) is 21.2 Å². The van der Waals surface area contributed by atoms with Crippen LogP contribution in [0.5, 0.6) is 0 Å². The highest BCUT2D eigenvalue weighted by molar-refractivity contribution is 7.14. The number of nitrogens with one attached hydrogen (secondary N) is 1. The lowest BCUT2D eigenvalue weighted by Gasteiger charge is -2.19. The average molecular weight is 367 g/mol. The van der Waals surface area contributed by atoms with Gasteiger partial charge in [-0.2, -0.15) is 0 Å². The van der Waals surface area contributed by atoms with E-state index >= 15 is 0 Å². The number of alkyl carbamates (subject to hydrolysis) is 1. The largest absolute Gasteiger partial charge is 0.444 e. The molecule has 2 aromatic rings. The van der Waals surface area contributed by atoms with E-state index in [-0.39, 0.29) is 12.3 Å². The molecule has 0 saturated heterocycles. The second-order valence-corrected chi connectivity index (χ2v) is 7.79. The Balaban J connectivity index is 2.04. The molecule has 5 nitrogen and oxygen atoms in total. The molecular formula is C17H19ClN2O3S. The maximum atomic E-state index is 12.5. The Morgan fingerprint density at radius 3 is 2.62 bits per heavy atom. The summed E-state index contributed by atoms with van der Waals surface area (Å²) in [6.07, 6.45) is -0.497. The molecule has 24 heavy (non-hydrogen) atoms. The molecule has 0 aliphatic rings. The summed E-state index contributed by atoms with van der Waals surface area (Å²) in [4.78, 5) is 25.5. The molecule has 3 N–H and O–H groups in total. The lowest BCUT2D eigenvalue weighted by Crippen LogP contribution is -2.31. The molecule has 1 aromatic heterocycles. The van der Waals surface area contributed by atoms with Crippen LogP contribution in [0.2, 0.25) is 5.02 Å². The van der Waals surface area contributed by atoms with Crippen molar-refractivity contribution in [3.05, 3.63) is 50.7 Å². The fourth-order valence-electron chi connectivity index (χ4n) is 1.93. The quantitative estimate of drug-likeness (QED) is 0.626. The van der Waals surface area contributed by atoms with E-state index in [9.17, 15) is 9.59 Å². The van der Waals surface area contributed by atoms with Crippen molar-refractivity contribution in [1.82, 2.24) is 5.32 Å². The lowest BCUT2D eigenvalue weighted by molar-refractivity contribution is 0.0524. The van der Waals surface area contributed by atoms with Gasteiger partial charge in [-0.1, -0.05) is 11.6 Å². The Bertz CT molecular complexity index is 765. The minimum atomic E-state index is -0.551. The second-order valence-electron chi connectivity index (χ2n) is 6.18. The Morgan fingerprint density at radius 2 is 1.96 bits per heavy atom. The van der Waals surface area contributed by atoms with Crippen LogP contribution in [0.1, 0.15) is 40.9 Å². The molecule has 0 unspecified atom stereocenters. The second kappa shape index (κ2) is 7.23. The third kappa shape index (κ3) is 4.97. The number of ketones is 1. The van der Waals surface area contributed by atoms with Gasteiger partial charge in [0.15, 0.2) is 0 Å². The zero-order valence-corrected chi connectivity index (χ0v) is 15.3. The van der Waals surface area contributed by atoms with Gasteiger partial charge in [0.1, 0.15) is 5.60 Å². The molecule has 0 fully saturated rings.